The van der Waals surface area contributed by atoms with Gasteiger partial charge in [-0.05, 0) is 69.4 Å². The maximum Gasteiger partial charge on any atom is 0.146 e. The van der Waals surface area contributed by atoms with Crippen molar-refractivity contribution in [2.45, 2.75) is 0 Å². The molecule has 5 heteroatoms. The van der Waals surface area contributed by atoms with Crippen LogP contribution >= 0.6 is 0 Å². The van der Waals surface area contributed by atoms with Crippen LogP contribution in [0.3, 0.4) is 0 Å². The second kappa shape index (κ2) is 12.6. The fourth-order valence-electron chi connectivity index (χ4n) is 8.00. The zero-order valence-electron chi connectivity index (χ0n) is 29.6. The van der Waals surface area contributed by atoms with Gasteiger partial charge in [-0.15, -0.1) is 0 Å². The number of benzene rings is 6. The van der Waals surface area contributed by atoms with Crippen molar-refractivity contribution >= 4 is 49.0 Å². The first-order valence-corrected chi connectivity index (χ1v) is 18.5. The molecule has 256 valence electrons. The predicted molar refractivity (Wildman–Crippen MR) is 226 cm³/mol. The molecule has 6 aromatic carbocycles. The van der Waals surface area contributed by atoms with Crippen LogP contribution < -0.4 is 0 Å². The van der Waals surface area contributed by atoms with Crippen molar-refractivity contribution in [2.75, 3.05) is 0 Å². The summed E-state index contributed by atoms with van der Waals surface area (Å²) >= 11 is 0. The van der Waals surface area contributed by atoms with Crippen LogP contribution in [0, 0.1) is 0 Å². The minimum atomic E-state index is 0.868. The van der Waals surface area contributed by atoms with Gasteiger partial charge in [0.1, 0.15) is 5.65 Å². The molecule has 0 bridgehead atoms. The van der Waals surface area contributed by atoms with E-state index in [4.69, 9.17) is 15.0 Å². The van der Waals surface area contributed by atoms with Gasteiger partial charge in [0.05, 0.1) is 33.8 Å². The number of imidazole rings is 1. The summed E-state index contributed by atoms with van der Waals surface area (Å²) in [5.74, 6) is 0. The Kier molecular flexibility index (Phi) is 7.10. The highest BCUT2D eigenvalue weighted by Gasteiger charge is 2.17. The number of hydrogen-bond donors (Lipinski definition) is 0. The largest absolute Gasteiger partial charge is 0.306 e. The lowest BCUT2D eigenvalue weighted by molar-refractivity contribution is 1.20. The van der Waals surface area contributed by atoms with Gasteiger partial charge >= 0.3 is 0 Å². The minimum Gasteiger partial charge on any atom is -0.306 e. The molecule has 0 saturated heterocycles. The molecular formula is C50H31N5. The molecule has 0 unspecified atom stereocenters. The molecule has 5 nitrogen and oxygen atoms in total. The number of pyridine rings is 4. The molecular weight excluding hydrogens is 671 g/mol. The molecule has 0 amide bonds. The van der Waals surface area contributed by atoms with E-state index in [9.17, 15) is 0 Å². The van der Waals surface area contributed by atoms with Crippen molar-refractivity contribution < 1.29 is 0 Å². The van der Waals surface area contributed by atoms with Crippen LogP contribution in [0.15, 0.2) is 188 Å². The number of fused-ring (bicyclic) bond motifs is 7. The van der Waals surface area contributed by atoms with Gasteiger partial charge in [0.15, 0.2) is 0 Å². The zero-order chi connectivity index (χ0) is 36.3. The molecule has 0 atom stereocenters. The van der Waals surface area contributed by atoms with E-state index in [-0.39, 0.29) is 0 Å². The predicted octanol–water partition coefficient (Wildman–Crippen LogP) is 12.5. The van der Waals surface area contributed by atoms with E-state index >= 15 is 0 Å². The highest BCUT2D eigenvalue weighted by molar-refractivity contribution is 6.17. The maximum absolute atomic E-state index is 5.24. The highest BCUT2D eigenvalue weighted by Crippen LogP contribution is 2.39. The van der Waals surface area contributed by atoms with Gasteiger partial charge in [0, 0.05) is 51.3 Å². The molecule has 11 rings (SSSR count). The van der Waals surface area contributed by atoms with E-state index in [1.54, 1.807) is 6.20 Å². The Labute approximate surface area is 316 Å². The number of hydrogen-bond acceptors (Lipinski definition) is 4. The molecule has 5 aromatic heterocycles. The quantitative estimate of drug-likeness (QED) is 0.168. The van der Waals surface area contributed by atoms with Crippen LogP contribution in [-0.2, 0) is 0 Å². The van der Waals surface area contributed by atoms with E-state index in [0.29, 0.717) is 0 Å². The summed E-state index contributed by atoms with van der Waals surface area (Å²) in [7, 11) is 0. The lowest BCUT2D eigenvalue weighted by atomic mass is 9.91. The van der Waals surface area contributed by atoms with E-state index in [0.717, 1.165) is 83.3 Å². The third kappa shape index (κ3) is 5.24. The number of nitrogens with zero attached hydrogens (tertiary/aromatic N) is 5. The van der Waals surface area contributed by atoms with Gasteiger partial charge in [-0.2, -0.15) is 0 Å². The first kappa shape index (κ1) is 31.1. The van der Waals surface area contributed by atoms with Gasteiger partial charge in [0.25, 0.3) is 0 Å². The van der Waals surface area contributed by atoms with Crippen LogP contribution in [0.2, 0.25) is 0 Å². The number of rotatable bonds is 5. The van der Waals surface area contributed by atoms with Crippen LogP contribution in [0.5, 0.6) is 0 Å². The summed E-state index contributed by atoms with van der Waals surface area (Å²) < 4.78 is 2.13. The Balaban J connectivity index is 1.00. The molecule has 0 saturated carbocycles. The minimum absolute atomic E-state index is 0.868. The van der Waals surface area contributed by atoms with E-state index in [1.807, 2.05) is 30.3 Å². The summed E-state index contributed by atoms with van der Waals surface area (Å²) in [4.78, 5) is 19.9. The second-order valence-corrected chi connectivity index (χ2v) is 13.9. The van der Waals surface area contributed by atoms with Crippen molar-refractivity contribution in [3.05, 3.63) is 188 Å². The van der Waals surface area contributed by atoms with Crippen molar-refractivity contribution in [3.8, 4) is 56.2 Å². The van der Waals surface area contributed by atoms with Gasteiger partial charge in [-0.1, -0.05) is 133 Å². The van der Waals surface area contributed by atoms with Crippen molar-refractivity contribution in [2.24, 2.45) is 0 Å². The molecule has 0 N–H and O–H groups in total. The molecule has 55 heavy (non-hydrogen) atoms. The average molecular weight is 702 g/mol. The van der Waals surface area contributed by atoms with Gasteiger partial charge in [-0.3, -0.25) is 4.98 Å². The van der Waals surface area contributed by atoms with Gasteiger partial charge in [-0.25, -0.2) is 15.0 Å². The van der Waals surface area contributed by atoms with Crippen LogP contribution in [-0.4, -0.2) is 24.3 Å². The Bertz CT molecular complexity index is 3240. The normalized spacial score (nSPS) is 11.6. The summed E-state index contributed by atoms with van der Waals surface area (Å²) in [5.41, 5.74) is 13.3. The van der Waals surface area contributed by atoms with Crippen LogP contribution in [0.4, 0.5) is 0 Å². The fourth-order valence-corrected chi connectivity index (χ4v) is 8.00. The molecule has 5 heterocycles. The smallest absolute Gasteiger partial charge is 0.146 e. The zero-order valence-corrected chi connectivity index (χ0v) is 29.6. The first-order chi connectivity index (χ1) is 27.2. The molecule has 0 aliphatic rings. The summed E-state index contributed by atoms with van der Waals surface area (Å²) in [6.45, 7) is 0. The Morgan fingerprint density at radius 3 is 1.89 bits per heavy atom. The van der Waals surface area contributed by atoms with E-state index in [1.165, 1.54) is 21.9 Å². The van der Waals surface area contributed by atoms with Gasteiger partial charge in [0.2, 0.25) is 0 Å². The highest BCUT2D eigenvalue weighted by atomic mass is 15.0. The molecule has 0 aliphatic carbocycles. The van der Waals surface area contributed by atoms with E-state index < -0.39 is 0 Å². The fraction of sp³-hybridized carbons (Fsp3) is 0. The Morgan fingerprint density at radius 2 is 1.09 bits per heavy atom. The van der Waals surface area contributed by atoms with Crippen molar-refractivity contribution in [1.82, 2.24) is 24.3 Å². The lowest BCUT2D eigenvalue weighted by Gasteiger charge is -2.14. The second-order valence-electron chi connectivity index (χ2n) is 13.9. The van der Waals surface area contributed by atoms with Crippen LogP contribution in [0.1, 0.15) is 0 Å². The number of aromatic nitrogens is 5. The third-order valence-electron chi connectivity index (χ3n) is 10.7. The monoisotopic (exact) mass is 701 g/mol. The third-order valence-corrected chi connectivity index (χ3v) is 10.7. The SMILES string of the molecule is c1ccc(-c2cn3ccc4c(-c5ccc(-c6ccc(-c7ccc8ccc(-c9ccccn9)nc8c7)c7ccccc67)cc5)nc5ccccc5c4c3n2)cc1. The Morgan fingerprint density at radius 1 is 0.400 bits per heavy atom. The summed E-state index contributed by atoms with van der Waals surface area (Å²) in [6, 6.07) is 59.5. The Hall–Kier alpha value is -7.50. The van der Waals surface area contributed by atoms with Gasteiger partial charge < -0.3 is 4.40 Å². The van der Waals surface area contributed by atoms with E-state index in [2.05, 4.69) is 161 Å². The molecule has 11 aromatic rings. The molecule has 0 fully saturated rings. The molecule has 0 radical (unpaired) electrons. The van der Waals surface area contributed by atoms with Crippen molar-refractivity contribution in [3.63, 3.8) is 0 Å². The van der Waals surface area contributed by atoms with Crippen molar-refractivity contribution in [1.29, 1.82) is 0 Å². The topological polar surface area (TPSA) is 56.0 Å². The molecule has 0 spiro atoms. The number of para-hydroxylation sites is 1. The average Bonchev–Trinajstić information content (AvgIpc) is 3.71. The standard InChI is InChI=1S/C50H31N5/c1-2-10-33(11-3-1)47-31-55-29-27-42-48(50(55)54-47)41-14-6-7-15-43(41)53-49(42)35-20-17-32(18-21-35)37-24-25-38(40-13-5-4-12-39(37)40)36-22-19-34-23-26-45(52-46(34)30-36)44-16-8-9-28-51-44/h1-31H. The lowest BCUT2D eigenvalue weighted by Crippen LogP contribution is -1.93. The summed E-state index contributed by atoms with van der Waals surface area (Å²) in [6.07, 6.45) is 6.02. The summed E-state index contributed by atoms with van der Waals surface area (Å²) in [5, 5.41) is 6.78. The molecule has 0 aliphatic heterocycles. The maximum atomic E-state index is 5.24. The first-order valence-electron chi connectivity index (χ1n) is 18.5. The van der Waals surface area contributed by atoms with Crippen LogP contribution in [0.25, 0.3) is 105 Å².